The summed E-state index contributed by atoms with van der Waals surface area (Å²) in [6, 6.07) is 8.76. The van der Waals surface area contributed by atoms with Crippen LogP contribution in [0.15, 0.2) is 29.3 Å². The zero-order chi connectivity index (χ0) is 21.1. The largest absolute Gasteiger partial charge is 0.393 e. The second kappa shape index (κ2) is 15.0. The van der Waals surface area contributed by atoms with E-state index < -0.39 is 0 Å². The lowest BCUT2D eigenvalue weighted by Crippen LogP contribution is -2.39. The van der Waals surface area contributed by atoms with E-state index in [1.165, 1.54) is 11.1 Å². The average molecular weight is 533 g/mol. The van der Waals surface area contributed by atoms with Crippen molar-refractivity contribution in [1.29, 1.82) is 0 Å². The fraction of sp³-hybridized carbons (Fsp3) is 0.696. The minimum absolute atomic E-state index is 0. The number of piperidine rings is 1. The van der Waals surface area contributed by atoms with E-state index in [0.29, 0.717) is 5.92 Å². The van der Waals surface area contributed by atoms with Crippen molar-refractivity contribution in [3.63, 3.8) is 0 Å². The van der Waals surface area contributed by atoms with E-state index in [9.17, 15) is 5.11 Å². The van der Waals surface area contributed by atoms with Gasteiger partial charge in [-0.15, -0.1) is 24.0 Å². The van der Waals surface area contributed by atoms with Gasteiger partial charge in [-0.1, -0.05) is 38.1 Å². The molecule has 0 radical (unpaired) electrons. The SMILES string of the molecule is CCOC(CCNC(=NC)NCc1ccc(CN2CCC(O)CC2)cc1)C(C)C.I. The highest BCUT2D eigenvalue weighted by atomic mass is 127. The Morgan fingerprint density at radius 1 is 1.17 bits per heavy atom. The molecule has 1 heterocycles. The molecule has 0 saturated carbocycles. The predicted molar refractivity (Wildman–Crippen MR) is 135 cm³/mol. The first kappa shape index (κ1) is 27.1. The smallest absolute Gasteiger partial charge is 0.191 e. The van der Waals surface area contributed by atoms with Gasteiger partial charge in [-0.3, -0.25) is 9.89 Å². The van der Waals surface area contributed by atoms with Crippen molar-refractivity contribution in [2.24, 2.45) is 10.9 Å². The molecular formula is C23H41IN4O2. The molecule has 1 aliphatic heterocycles. The van der Waals surface area contributed by atoms with Gasteiger partial charge in [0.2, 0.25) is 0 Å². The molecule has 1 aliphatic rings. The molecule has 6 nitrogen and oxygen atoms in total. The highest BCUT2D eigenvalue weighted by Gasteiger charge is 2.16. The summed E-state index contributed by atoms with van der Waals surface area (Å²) in [4.78, 5) is 6.73. The number of rotatable bonds is 10. The van der Waals surface area contributed by atoms with Crippen LogP contribution in [0.2, 0.25) is 0 Å². The number of likely N-dealkylation sites (tertiary alicyclic amines) is 1. The molecule has 2 rings (SSSR count). The van der Waals surface area contributed by atoms with Crippen LogP contribution in [-0.4, -0.2) is 61.5 Å². The van der Waals surface area contributed by atoms with Crippen LogP contribution in [0, 0.1) is 5.92 Å². The number of nitrogens with zero attached hydrogens (tertiary/aromatic N) is 2. The number of hydrogen-bond acceptors (Lipinski definition) is 4. The van der Waals surface area contributed by atoms with Crippen LogP contribution in [0.5, 0.6) is 0 Å². The Morgan fingerprint density at radius 3 is 2.37 bits per heavy atom. The molecule has 172 valence electrons. The Morgan fingerprint density at radius 2 is 1.80 bits per heavy atom. The molecule has 7 heteroatoms. The zero-order valence-corrected chi connectivity index (χ0v) is 21.4. The molecule has 1 aromatic rings. The first-order valence-electron chi connectivity index (χ1n) is 11.1. The molecule has 1 unspecified atom stereocenters. The van der Waals surface area contributed by atoms with Gasteiger partial charge in [-0.05, 0) is 43.2 Å². The van der Waals surface area contributed by atoms with Crippen LogP contribution in [0.3, 0.4) is 0 Å². The number of aliphatic hydroxyl groups excluding tert-OH is 1. The maximum absolute atomic E-state index is 9.63. The molecule has 0 amide bonds. The minimum atomic E-state index is -0.113. The van der Waals surface area contributed by atoms with Crippen molar-refractivity contribution >= 4 is 29.9 Å². The maximum Gasteiger partial charge on any atom is 0.191 e. The number of aliphatic imine (C=N–C) groups is 1. The second-order valence-corrected chi connectivity index (χ2v) is 8.20. The van der Waals surface area contributed by atoms with Crippen LogP contribution in [0.1, 0.15) is 51.2 Å². The lowest BCUT2D eigenvalue weighted by Gasteiger charge is -2.29. The first-order chi connectivity index (χ1) is 14.0. The van der Waals surface area contributed by atoms with Crippen molar-refractivity contribution < 1.29 is 9.84 Å². The third-order valence-corrected chi connectivity index (χ3v) is 5.52. The summed E-state index contributed by atoms with van der Waals surface area (Å²) in [6.07, 6.45) is 2.90. The number of guanidine groups is 1. The standard InChI is InChI=1S/C23H40N4O2.HI/c1-5-29-22(18(2)3)10-13-25-23(24-4)26-16-19-6-8-20(9-7-19)17-27-14-11-21(28)12-15-27;/h6-9,18,21-22,28H,5,10-17H2,1-4H3,(H2,24,25,26);1H. The highest BCUT2D eigenvalue weighted by Crippen LogP contribution is 2.14. The number of hydrogen-bond donors (Lipinski definition) is 3. The average Bonchev–Trinajstić information content (AvgIpc) is 2.72. The lowest BCUT2D eigenvalue weighted by atomic mass is 10.0. The number of halogens is 1. The molecule has 1 saturated heterocycles. The van der Waals surface area contributed by atoms with Gasteiger partial charge in [-0.2, -0.15) is 0 Å². The Hall–Kier alpha value is -0.900. The Labute approximate surface area is 199 Å². The van der Waals surface area contributed by atoms with E-state index in [1.54, 1.807) is 7.05 Å². The molecule has 3 N–H and O–H groups in total. The lowest BCUT2D eigenvalue weighted by molar-refractivity contribution is 0.0258. The summed E-state index contributed by atoms with van der Waals surface area (Å²) < 4.78 is 5.80. The number of aliphatic hydroxyl groups is 1. The summed E-state index contributed by atoms with van der Waals surface area (Å²) >= 11 is 0. The molecule has 0 aromatic heterocycles. The first-order valence-corrected chi connectivity index (χ1v) is 11.1. The summed E-state index contributed by atoms with van der Waals surface area (Å²) in [5, 5.41) is 16.4. The maximum atomic E-state index is 9.63. The Kier molecular flexibility index (Phi) is 13.6. The number of nitrogens with one attached hydrogen (secondary N) is 2. The van der Waals surface area contributed by atoms with E-state index in [1.807, 2.05) is 6.92 Å². The van der Waals surface area contributed by atoms with Crippen LogP contribution >= 0.6 is 24.0 Å². The summed E-state index contributed by atoms with van der Waals surface area (Å²) in [5.41, 5.74) is 2.56. The Bertz CT molecular complexity index is 602. The molecule has 1 aromatic carbocycles. The van der Waals surface area contributed by atoms with E-state index in [-0.39, 0.29) is 36.2 Å². The van der Waals surface area contributed by atoms with Gasteiger partial charge in [0.05, 0.1) is 12.2 Å². The van der Waals surface area contributed by atoms with E-state index >= 15 is 0 Å². The van der Waals surface area contributed by atoms with Gasteiger partial charge < -0.3 is 20.5 Å². The third-order valence-electron chi connectivity index (χ3n) is 5.52. The van der Waals surface area contributed by atoms with Gasteiger partial charge in [0.1, 0.15) is 0 Å². The molecule has 0 spiro atoms. The van der Waals surface area contributed by atoms with Crippen molar-refractivity contribution in [3.05, 3.63) is 35.4 Å². The molecule has 1 atom stereocenters. The molecule has 30 heavy (non-hydrogen) atoms. The fourth-order valence-electron chi connectivity index (χ4n) is 3.66. The normalized spacial score (nSPS) is 16.9. The highest BCUT2D eigenvalue weighted by molar-refractivity contribution is 14.0. The van der Waals surface area contributed by atoms with Gasteiger partial charge >= 0.3 is 0 Å². The van der Waals surface area contributed by atoms with E-state index in [2.05, 4.69) is 58.6 Å². The summed E-state index contributed by atoms with van der Waals surface area (Å²) in [6.45, 7) is 11.7. The van der Waals surface area contributed by atoms with Gasteiger partial charge in [0, 0.05) is 46.4 Å². The van der Waals surface area contributed by atoms with Crippen molar-refractivity contribution in [1.82, 2.24) is 15.5 Å². The third kappa shape index (κ3) is 9.94. The van der Waals surface area contributed by atoms with Crippen molar-refractivity contribution in [3.8, 4) is 0 Å². The monoisotopic (exact) mass is 532 g/mol. The zero-order valence-electron chi connectivity index (χ0n) is 19.1. The number of benzene rings is 1. The second-order valence-electron chi connectivity index (χ2n) is 8.20. The topological polar surface area (TPSA) is 69.1 Å². The summed E-state index contributed by atoms with van der Waals surface area (Å²) in [7, 11) is 1.80. The van der Waals surface area contributed by atoms with Crippen LogP contribution in [-0.2, 0) is 17.8 Å². The number of ether oxygens (including phenoxy) is 1. The van der Waals surface area contributed by atoms with Crippen LogP contribution < -0.4 is 10.6 Å². The van der Waals surface area contributed by atoms with E-state index in [4.69, 9.17) is 4.74 Å². The quantitative estimate of drug-likeness (QED) is 0.245. The predicted octanol–water partition coefficient (Wildman–Crippen LogP) is 3.38. The minimum Gasteiger partial charge on any atom is -0.393 e. The van der Waals surface area contributed by atoms with Crippen molar-refractivity contribution in [2.75, 3.05) is 33.3 Å². The van der Waals surface area contributed by atoms with Gasteiger partial charge in [-0.25, -0.2) is 0 Å². The molecule has 1 fully saturated rings. The fourth-order valence-corrected chi connectivity index (χ4v) is 3.66. The van der Waals surface area contributed by atoms with E-state index in [0.717, 1.165) is 64.6 Å². The molecular weight excluding hydrogens is 491 g/mol. The van der Waals surface area contributed by atoms with Crippen molar-refractivity contribution in [2.45, 2.75) is 65.3 Å². The Balaban J connectivity index is 0.00000450. The van der Waals surface area contributed by atoms with Crippen LogP contribution in [0.4, 0.5) is 0 Å². The van der Waals surface area contributed by atoms with Gasteiger partial charge in [0.15, 0.2) is 5.96 Å². The summed E-state index contributed by atoms with van der Waals surface area (Å²) in [5.74, 6) is 1.33. The molecule has 0 aliphatic carbocycles. The van der Waals surface area contributed by atoms with Gasteiger partial charge in [0.25, 0.3) is 0 Å². The van der Waals surface area contributed by atoms with Crippen LogP contribution in [0.25, 0.3) is 0 Å². The molecule has 0 bridgehead atoms.